The van der Waals surface area contributed by atoms with Gasteiger partial charge in [0, 0.05) is 0 Å². The molecule has 0 spiro atoms. The molecule has 0 aliphatic heterocycles. The summed E-state index contributed by atoms with van der Waals surface area (Å²) in [6.07, 6.45) is 1.83. The molecular weight excluding hydrogens is 332 g/mol. The lowest BCUT2D eigenvalue weighted by Crippen LogP contribution is -2.12. The zero-order valence-corrected chi connectivity index (χ0v) is 15.4. The smallest absolute Gasteiger partial charge is 0.343 e. The molecular formula is C21H24O5. The molecule has 0 heterocycles. The quantitative estimate of drug-likeness (QED) is 0.391. The van der Waals surface area contributed by atoms with Crippen molar-refractivity contribution < 1.29 is 23.8 Å². The largest absolute Gasteiger partial charge is 0.494 e. The van der Waals surface area contributed by atoms with E-state index in [4.69, 9.17) is 14.2 Å². The number of benzene rings is 2. The molecule has 0 saturated carbocycles. The number of hydrogen-bond donors (Lipinski definition) is 0. The maximum Gasteiger partial charge on any atom is 0.343 e. The van der Waals surface area contributed by atoms with Crippen LogP contribution in [0.25, 0.3) is 0 Å². The third-order valence-electron chi connectivity index (χ3n) is 3.48. The fraction of sp³-hybridized carbons (Fsp3) is 0.333. The Hall–Kier alpha value is -2.82. The van der Waals surface area contributed by atoms with E-state index in [2.05, 4.69) is 6.92 Å². The summed E-state index contributed by atoms with van der Waals surface area (Å²) in [6.45, 7) is 6.30. The third kappa shape index (κ3) is 5.92. The van der Waals surface area contributed by atoms with Gasteiger partial charge in [-0.1, -0.05) is 19.4 Å². The Balaban J connectivity index is 2.00. The molecule has 0 bridgehead atoms. The highest BCUT2D eigenvalue weighted by molar-refractivity contribution is 5.92. The lowest BCUT2D eigenvalue weighted by atomic mass is 10.2. The first kappa shape index (κ1) is 19.5. The topological polar surface area (TPSA) is 61.8 Å². The van der Waals surface area contributed by atoms with Crippen LogP contribution in [0.3, 0.4) is 0 Å². The average molecular weight is 356 g/mol. The fourth-order valence-corrected chi connectivity index (χ4v) is 2.16. The molecule has 0 N–H and O–H groups in total. The summed E-state index contributed by atoms with van der Waals surface area (Å²) in [7, 11) is 0. The van der Waals surface area contributed by atoms with Crippen molar-refractivity contribution in [3.05, 3.63) is 59.7 Å². The van der Waals surface area contributed by atoms with E-state index >= 15 is 0 Å². The van der Waals surface area contributed by atoms with E-state index in [1.165, 1.54) is 6.07 Å². The van der Waals surface area contributed by atoms with Crippen LogP contribution in [0.4, 0.5) is 0 Å². The normalized spacial score (nSPS) is 10.5. The van der Waals surface area contributed by atoms with Crippen molar-refractivity contribution in [1.29, 1.82) is 0 Å². The standard InChI is InChI=1S/C21H24O5/c1-4-5-13-24-18-11-9-16(10-12-18)20(22)26-19-8-6-7-17(14-19)21(23)25-15(2)3/h6-12,14-15H,4-5,13H2,1-3H3. The fourth-order valence-electron chi connectivity index (χ4n) is 2.16. The van der Waals surface area contributed by atoms with Gasteiger partial charge in [-0.2, -0.15) is 0 Å². The molecule has 0 aliphatic rings. The van der Waals surface area contributed by atoms with Crippen LogP contribution in [-0.2, 0) is 4.74 Å². The van der Waals surface area contributed by atoms with Crippen LogP contribution in [0.5, 0.6) is 11.5 Å². The van der Waals surface area contributed by atoms with Crippen molar-refractivity contribution in [3.63, 3.8) is 0 Å². The molecule has 0 radical (unpaired) electrons. The minimum absolute atomic E-state index is 0.216. The second-order valence-electron chi connectivity index (χ2n) is 6.10. The van der Waals surface area contributed by atoms with E-state index in [-0.39, 0.29) is 11.9 Å². The zero-order valence-electron chi connectivity index (χ0n) is 15.4. The van der Waals surface area contributed by atoms with Crippen LogP contribution < -0.4 is 9.47 Å². The lowest BCUT2D eigenvalue weighted by molar-refractivity contribution is 0.0376. The van der Waals surface area contributed by atoms with E-state index < -0.39 is 11.9 Å². The van der Waals surface area contributed by atoms with E-state index in [0.29, 0.717) is 23.5 Å². The highest BCUT2D eigenvalue weighted by Crippen LogP contribution is 2.18. The van der Waals surface area contributed by atoms with Gasteiger partial charge in [-0.25, -0.2) is 9.59 Å². The number of hydrogen-bond acceptors (Lipinski definition) is 5. The molecule has 26 heavy (non-hydrogen) atoms. The number of esters is 2. The van der Waals surface area contributed by atoms with Crippen molar-refractivity contribution in [3.8, 4) is 11.5 Å². The molecule has 2 aromatic carbocycles. The van der Waals surface area contributed by atoms with Crippen LogP contribution in [0.1, 0.15) is 54.3 Å². The number of carbonyl (C=O) groups excluding carboxylic acids is 2. The minimum Gasteiger partial charge on any atom is -0.494 e. The predicted molar refractivity (Wildman–Crippen MR) is 98.8 cm³/mol. The van der Waals surface area contributed by atoms with E-state index in [0.717, 1.165) is 12.8 Å². The first-order valence-electron chi connectivity index (χ1n) is 8.75. The van der Waals surface area contributed by atoms with E-state index in [1.807, 2.05) is 0 Å². The SMILES string of the molecule is CCCCOc1ccc(C(=O)Oc2cccc(C(=O)OC(C)C)c2)cc1. The summed E-state index contributed by atoms with van der Waals surface area (Å²) in [6, 6.07) is 13.2. The second-order valence-corrected chi connectivity index (χ2v) is 6.10. The molecule has 2 aromatic rings. The molecule has 0 aliphatic carbocycles. The molecule has 0 saturated heterocycles. The Morgan fingerprint density at radius 1 is 0.923 bits per heavy atom. The Morgan fingerprint density at radius 2 is 1.65 bits per heavy atom. The van der Waals surface area contributed by atoms with Crippen molar-refractivity contribution in [1.82, 2.24) is 0 Å². The molecule has 0 atom stereocenters. The second kappa shape index (κ2) is 9.61. The minimum atomic E-state index is -0.500. The van der Waals surface area contributed by atoms with Gasteiger partial charge in [0.2, 0.25) is 0 Å². The van der Waals surface area contributed by atoms with Gasteiger partial charge >= 0.3 is 11.9 Å². The monoisotopic (exact) mass is 356 g/mol. The Bertz CT molecular complexity index is 734. The van der Waals surface area contributed by atoms with E-state index in [1.54, 1.807) is 56.3 Å². The summed E-state index contributed by atoms with van der Waals surface area (Å²) in [5, 5.41) is 0. The van der Waals surface area contributed by atoms with Gasteiger partial charge in [0.1, 0.15) is 11.5 Å². The number of rotatable bonds is 8. The summed E-state index contributed by atoms with van der Waals surface area (Å²) >= 11 is 0. The third-order valence-corrected chi connectivity index (χ3v) is 3.48. The number of ether oxygens (including phenoxy) is 3. The van der Waals surface area contributed by atoms with Gasteiger partial charge in [0.05, 0.1) is 23.8 Å². The summed E-state index contributed by atoms with van der Waals surface area (Å²) in [5.74, 6) is 0.0517. The highest BCUT2D eigenvalue weighted by Gasteiger charge is 2.13. The first-order valence-corrected chi connectivity index (χ1v) is 8.75. The van der Waals surface area contributed by atoms with Gasteiger partial charge in [0.15, 0.2) is 0 Å². The molecule has 5 nitrogen and oxygen atoms in total. The highest BCUT2D eigenvalue weighted by atomic mass is 16.5. The summed E-state index contributed by atoms with van der Waals surface area (Å²) in [4.78, 5) is 24.2. The molecule has 0 amide bonds. The Kier molecular flexibility index (Phi) is 7.21. The maximum atomic E-state index is 12.3. The van der Waals surface area contributed by atoms with Crippen LogP contribution in [0.2, 0.25) is 0 Å². The predicted octanol–water partition coefficient (Wildman–Crippen LogP) is 4.65. The van der Waals surface area contributed by atoms with Crippen LogP contribution >= 0.6 is 0 Å². The van der Waals surface area contributed by atoms with Crippen molar-refractivity contribution in [2.75, 3.05) is 6.61 Å². The van der Waals surface area contributed by atoms with Gasteiger partial charge in [-0.05, 0) is 62.7 Å². The number of carbonyl (C=O) groups is 2. The molecule has 0 unspecified atom stereocenters. The molecule has 138 valence electrons. The van der Waals surface area contributed by atoms with Gasteiger partial charge in [-0.15, -0.1) is 0 Å². The van der Waals surface area contributed by atoms with Crippen molar-refractivity contribution >= 4 is 11.9 Å². The average Bonchev–Trinajstić information content (AvgIpc) is 2.62. The Morgan fingerprint density at radius 3 is 2.31 bits per heavy atom. The van der Waals surface area contributed by atoms with Crippen LogP contribution in [0.15, 0.2) is 48.5 Å². The molecule has 0 aromatic heterocycles. The van der Waals surface area contributed by atoms with Crippen molar-refractivity contribution in [2.24, 2.45) is 0 Å². The van der Waals surface area contributed by atoms with Crippen LogP contribution in [-0.4, -0.2) is 24.6 Å². The maximum absolute atomic E-state index is 12.3. The lowest BCUT2D eigenvalue weighted by Gasteiger charge is -2.10. The van der Waals surface area contributed by atoms with E-state index in [9.17, 15) is 9.59 Å². The Labute approximate surface area is 153 Å². The summed E-state index contributed by atoms with van der Waals surface area (Å²) < 4.78 is 16.1. The van der Waals surface area contributed by atoms with Gasteiger partial charge < -0.3 is 14.2 Å². The molecule has 5 heteroatoms. The first-order chi connectivity index (χ1) is 12.5. The van der Waals surface area contributed by atoms with Gasteiger partial charge in [0.25, 0.3) is 0 Å². The van der Waals surface area contributed by atoms with Crippen molar-refractivity contribution in [2.45, 2.75) is 39.7 Å². The van der Waals surface area contributed by atoms with Crippen LogP contribution in [0, 0.1) is 0 Å². The van der Waals surface area contributed by atoms with Gasteiger partial charge in [-0.3, -0.25) is 0 Å². The summed E-state index contributed by atoms with van der Waals surface area (Å²) in [5.41, 5.74) is 0.742. The zero-order chi connectivity index (χ0) is 18.9. The molecule has 2 rings (SSSR count). The number of unbranched alkanes of at least 4 members (excludes halogenated alkanes) is 1. The molecule has 0 fully saturated rings.